The van der Waals surface area contributed by atoms with Crippen LogP contribution in [-0.4, -0.2) is 24.5 Å². The summed E-state index contributed by atoms with van der Waals surface area (Å²) in [5.41, 5.74) is 2.06. The van der Waals surface area contributed by atoms with E-state index in [-0.39, 0.29) is 6.54 Å². The summed E-state index contributed by atoms with van der Waals surface area (Å²) in [7, 11) is 0. The largest absolute Gasteiger partial charge is 0.467 e. The minimum absolute atomic E-state index is 0.147. The van der Waals surface area contributed by atoms with E-state index >= 15 is 0 Å². The summed E-state index contributed by atoms with van der Waals surface area (Å²) in [5.74, 6) is -0.771. The smallest absolute Gasteiger partial charge is 0.338 e. The van der Waals surface area contributed by atoms with Gasteiger partial charge in [-0.15, -0.1) is 0 Å². The molecular formula is C17H18N2O5. The van der Waals surface area contributed by atoms with E-state index in [1.807, 2.05) is 13.0 Å². The van der Waals surface area contributed by atoms with E-state index in [4.69, 9.17) is 9.15 Å². The Morgan fingerprint density at radius 3 is 2.67 bits per heavy atom. The molecule has 126 valence electrons. The van der Waals surface area contributed by atoms with Crippen LogP contribution in [0.1, 0.15) is 27.2 Å². The van der Waals surface area contributed by atoms with Crippen LogP contribution in [0.25, 0.3) is 0 Å². The molecule has 0 atom stereocenters. The Balaban J connectivity index is 1.77. The number of hydrogen-bond donors (Lipinski definition) is 2. The van der Waals surface area contributed by atoms with Crippen molar-refractivity contribution in [2.45, 2.75) is 20.4 Å². The lowest BCUT2D eigenvalue weighted by Crippen LogP contribution is -2.41. The molecule has 3 amide bonds. The lowest BCUT2D eigenvalue weighted by atomic mass is 10.1. The van der Waals surface area contributed by atoms with E-state index in [9.17, 15) is 14.4 Å². The fourth-order valence-corrected chi connectivity index (χ4v) is 1.95. The van der Waals surface area contributed by atoms with E-state index in [2.05, 4.69) is 10.6 Å². The van der Waals surface area contributed by atoms with Crippen LogP contribution in [0.2, 0.25) is 0 Å². The van der Waals surface area contributed by atoms with Gasteiger partial charge in [0.1, 0.15) is 5.76 Å². The number of rotatable bonds is 5. The van der Waals surface area contributed by atoms with Crippen molar-refractivity contribution < 1.29 is 23.5 Å². The summed E-state index contributed by atoms with van der Waals surface area (Å²) in [6.07, 6.45) is 1.48. The van der Waals surface area contributed by atoms with Gasteiger partial charge in [0.25, 0.3) is 5.91 Å². The Kier molecular flexibility index (Phi) is 5.73. The second kappa shape index (κ2) is 7.96. The number of hydrogen-bond acceptors (Lipinski definition) is 5. The van der Waals surface area contributed by atoms with E-state index in [1.54, 1.807) is 31.2 Å². The lowest BCUT2D eigenvalue weighted by Gasteiger charge is -2.08. The van der Waals surface area contributed by atoms with Crippen LogP contribution >= 0.6 is 0 Å². The van der Waals surface area contributed by atoms with Crippen LogP contribution in [0, 0.1) is 13.8 Å². The van der Waals surface area contributed by atoms with Gasteiger partial charge in [0.05, 0.1) is 18.4 Å². The third-order valence-electron chi connectivity index (χ3n) is 3.20. The van der Waals surface area contributed by atoms with E-state index in [1.165, 1.54) is 6.26 Å². The van der Waals surface area contributed by atoms with Gasteiger partial charge in [0, 0.05) is 0 Å². The second-order valence-corrected chi connectivity index (χ2v) is 5.20. The quantitative estimate of drug-likeness (QED) is 0.818. The summed E-state index contributed by atoms with van der Waals surface area (Å²) in [5, 5.41) is 4.51. The molecule has 7 heteroatoms. The van der Waals surface area contributed by atoms with Crippen LogP contribution in [0.15, 0.2) is 41.0 Å². The fourth-order valence-electron chi connectivity index (χ4n) is 1.95. The SMILES string of the molecule is Cc1ccc(C)c(C(=O)OCC(=O)NC(=O)NCc2ccco2)c1. The number of ether oxygens (including phenoxy) is 1. The molecule has 2 aromatic rings. The number of imide groups is 1. The standard InChI is InChI=1S/C17H18N2O5/c1-11-5-6-12(2)14(8-11)16(21)24-10-15(20)19-17(22)18-9-13-4-3-7-23-13/h3-8H,9-10H2,1-2H3,(H2,18,19,20,22). The molecule has 0 radical (unpaired) electrons. The molecule has 1 aromatic carbocycles. The Hall–Kier alpha value is -3.09. The van der Waals surface area contributed by atoms with E-state index < -0.39 is 24.5 Å². The van der Waals surface area contributed by atoms with Gasteiger partial charge < -0.3 is 14.5 Å². The molecule has 7 nitrogen and oxygen atoms in total. The number of amides is 3. The van der Waals surface area contributed by atoms with Crippen molar-refractivity contribution in [3.8, 4) is 0 Å². The highest BCUT2D eigenvalue weighted by molar-refractivity contribution is 5.97. The average molecular weight is 330 g/mol. The molecule has 0 saturated heterocycles. The van der Waals surface area contributed by atoms with Gasteiger partial charge in [-0.05, 0) is 37.6 Å². The van der Waals surface area contributed by atoms with Gasteiger partial charge in [-0.3, -0.25) is 10.1 Å². The van der Waals surface area contributed by atoms with Crippen molar-refractivity contribution in [2.24, 2.45) is 0 Å². The molecule has 0 aliphatic carbocycles. The van der Waals surface area contributed by atoms with Gasteiger partial charge in [-0.1, -0.05) is 17.7 Å². The average Bonchev–Trinajstić information content (AvgIpc) is 3.06. The monoisotopic (exact) mass is 330 g/mol. The van der Waals surface area contributed by atoms with Crippen molar-refractivity contribution in [3.05, 3.63) is 59.0 Å². The Labute approximate surface area is 139 Å². The van der Waals surface area contributed by atoms with Crippen molar-refractivity contribution in [3.63, 3.8) is 0 Å². The maximum Gasteiger partial charge on any atom is 0.338 e. The highest BCUT2D eigenvalue weighted by atomic mass is 16.5. The molecule has 0 bridgehead atoms. The number of aryl methyl sites for hydroxylation is 2. The zero-order valence-corrected chi connectivity index (χ0v) is 13.4. The highest BCUT2D eigenvalue weighted by Gasteiger charge is 2.14. The number of carbonyl (C=O) groups is 3. The number of furan rings is 1. The Bertz CT molecular complexity index is 737. The Morgan fingerprint density at radius 2 is 1.96 bits per heavy atom. The first-order chi connectivity index (χ1) is 11.5. The zero-order valence-electron chi connectivity index (χ0n) is 13.4. The third kappa shape index (κ3) is 4.98. The third-order valence-corrected chi connectivity index (χ3v) is 3.20. The van der Waals surface area contributed by atoms with Crippen molar-refractivity contribution in [1.29, 1.82) is 0 Å². The van der Waals surface area contributed by atoms with Gasteiger partial charge >= 0.3 is 12.0 Å². The van der Waals surface area contributed by atoms with E-state index in [0.29, 0.717) is 11.3 Å². The van der Waals surface area contributed by atoms with Crippen LogP contribution in [0.5, 0.6) is 0 Å². The minimum atomic E-state index is -0.717. The maximum atomic E-state index is 12.0. The second-order valence-electron chi connectivity index (χ2n) is 5.20. The van der Waals surface area contributed by atoms with Crippen LogP contribution in [0.3, 0.4) is 0 Å². The Morgan fingerprint density at radius 1 is 1.17 bits per heavy atom. The first kappa shape index (κ1) is 17.3. The summed E-state index contributed by atoms with van der Waals surface area (Å²) >= 11 is 0. The summed E-state index contributed by atoms with van der Waals surface area (Å²) in [6, 6.07) is 8.04. The van der Waals surface area contributed by atoms with Crippen molar-refractivity contribution in [1.82, 2.24) is 10.6 Å². The molecule has 2 rings (SSSR count). The summed E-state index contributed by atoms with van der Waals surface area (Å²) in [6.45, 7) is 3.24. The van der Waals surface area contributed by atoms with Crippen molar-refractivity contribution in [2.75, 3.05) is 6.61 Å². The lowest BCUT2D eigenvalue weighted by molar-refractivity contribution is -0.123. The number of nitrogens with one attached hydrogen (secondary N) is 2. The van der Waals surface area contributed by atoms with Gasteiger partial charge in [-0.25, -0.2) is 9.59 Å². The van der Waals surface area contributed by atoms with Gasteiger partial charge in [-0.2, -0.15) is 0 Å². The highest BCUT2D eigenvalue weighted by Crippen LogP contribution is 2.11. The molecule has 0 saturated carbocycles. The number of carbonyl (C=O) groups excluding carboxylic acids is 3. The molecule has 0 aliphatic heterocycles. The molecule has 0 spiro atoms. The molecule has 24 heavy (non-hydrogen) atoms. The molecule has 1 heterocycles. The molecule has 2 N–H and O–H groups in total. The minimum Gasteiger partial charge on any atom is -0.467 e. The van der Waals surface area contributed by atoms with Gasteiger partial charge in [0.2, 0.25) is 0 Å². The number of benzene rings is 1. The molecule has 1 aromatic heterocycles. The normalized spacial score (nSPS) is 10.1. The summed E-state index contributed by atoms with van der Waals surface area (Å²) in [4.78, 5) is 35.1. The first-order valence-corrected chi connectivity index (χ1v) is 7.30. The van der Waals surface area contributed by atoms with E-state index in [0.717, 1.165) is 11.1 Å². The van der Waals surface area contributed by atoms with Crippen molar-refractivity contribution >= 4 is 17.9 Å². The van der Waals surface area contributed by atoms with Crippen LogP contribution in [0.4, 0.5) is 4.79 Å². The maximum absolute atomic E-state index is 12.0. The predicted octanol–water partition coefficient (Wildman–Crippen LogP) is 2.08. The fraction of sp³-hybridized carbons (Fsp3) is 0.235. The number of esters is 1. The molecule has 0 aliphatic rings. The first-order valence-electron chi connectivity index (χ1n) is 7.30. The topological polar surface area (TPSA) is 97.6 Å². The predicted molar refractivity (Wildman–Crippen MR) is 85.3 cm³/mol. The molecule has 0 unspecified atom stereocenters. The number of urea groups is 1. The molecule has 0 fully saturated rings. The molecular weight excluding hydrogens is 312 g/mol. The summed E-state index contributed by atoms with van der Waals surface area (Å²) < 4.78 is 9.97. The van der Waals surface area contributed by atoms with Gasteiger partial charge in [0.15, 0.2) is 6.61 Å². The van der Waals surface area contributed by atoms with Crippen LogP contribution < -0.4 is 10.6 Å². The van der Waals surface area contributed by atoms with Crippen LogP contribution in [-0.2, 0) is 16.1 Å². The zero-order chi connectivity index (χ0) is 17.5.